The largest absolute Gasteiger partial charge is 0.418 e. The van der Waals surface area contributed by atoms with Gasteiger partial charge in [0.1, 0.15) is 0 Å². The summed E-state index contributed by atoms with van der Waals surface area (Å²) in [6.45, 7) is 8.40. The van der Waals surface area contributed by atoms with E-state index in [4.69, 9.17) is 4.42 Å². The Morgan fingerprint density at radius 1 is 1.06 bits per heavy atom. The van der Waals surface area contributed by atoms with Crippen LogP contribution in [0.4, 0.5) is 0 Å². The Morgan fingerprint density at radius 2 is 1.77 bits per heavy atom. The molecule has 7 nitrogen and oxygen atoms in total. The summed E-state index contributed by atoms with van der Waals surface area (Å²) in [6.07, 6.45) is 1.03. The minimum atomic E-state index is -3.49. The van der Waals surface area contributed by atoms with Crippen molar-refractivity contribution < 1.29 is 12.8 Å². The van der Waals surface area contributed by atoms with Gasteiger partial charge in [0.15, 0.2) is 0 Å². The smallest absolute Gasteiger partial charge is 0.257 e. The molecule has 166 valence electrons. The molecule has 1 aromatic carbocycles. The quantitative estimate of drug-likeness (QED) is 0.521. The van der Waals surface area contributed by atoms with Gasteiger partial charge in [0, 0.05) is 26.2 Å². The Hall–Kier alpha value is -2.07. The van der Waals surface area contributed by atoms with Gasteiger partial charge < -0.3 is 4.42 Å². The summed E-state index contributed by atoms with van der Waals surface area (Å²) in [7, 11) is -3.49. The van der Waals surface area contributed by atoms with Crippen molar-refractivity contribution in [3.05, 3.63) is 53.2 Å². The zero-order valence-corrected chi connectivity index (χ0v) is 19.7. The standard InChI is InChI=1S/C22H28N4O3S2/c1-4-16(2)18-7-9-19(10-8-18)31(27,28)26-13-11-25(12-14-26)17(3)21-23-24-22(29-21)20-6-5-15-30-20/h5-10,15-17H,4,11-14H2,1-3H3/t16-,17+/m1/s1. The van der Waals surface area contributed by atoms with Crippen molar-refractivity contribution in [2.45, 2.75) is 44.0 Å². The Kier molecular flexibility index (Phi) is 6.57. The molecule has 0 N–H and O–H groups in total. The van der Waals surface area contributed by atoms with Crippen molar-refractivity contribution in [1.29, 1.82) is 0 Å². The first-order valence-corrected chi connectivity index (χ1v) is 12.9. The molecule has 0 aliphatic carbocycles. The normalized spacial score (nSPS) is 18.2. The second kappa shape index (κ2) is 9.20. The molecular weight excluding hydrogens is 432 g/mol. The maximum Gasteiger partial charge on any atom is 0.257 e. The second-order valence-corrected chi connectivity index (χ2v) is 10.8. The van der Waals surface area contributed by atoms with Gasteiger partial charge in [-0.3, -0.25) is 4.90 Å². The van der Waals surface area contributed by atoms with Gasteiger partial charge >= 0.3 is 0 Å². The fraction of sp³-hybridized carbons (Fsp3) is 0.455. The summed E-state index contributed by atoms with van der Waals surface area (Å²) in [6, 6.07) is 11.2. The Balaban J connectivity index is 1.39. The molecule has 2 aromatic heterocycles. The molecule has 3 aromatic rings. The maximum absolute atomic E-state index is 13.1. The third-order valence-corrected chi connectivity index (χ3v) is 8.82. The molecule has 0 unspecified atom stereocenters. The lowest BCUT2D eigenvalue weighted by atomic mass is 9.99. The second-order valence-electron chi connectivity index (χ2n) is 7.92. The zero-order valence-electron chi connectivity index (χ0n) is 18.1. The predicted molar refractivity (Wildman–Crippen MR) is 122 cm³/mol. The maximum atomic E-state index is 13.1. The number of hydrogen-bond donors (Lipinski definition) is 0. The van der Waals surface area contributed by atoms with Crippen LogP contribution in [0.15, 0.2) is 51.1 Å². The van der Waals surface area contributed by atoms with Crippen molar-refractivity contribution >= 4 is 21.4 Å². The van der Waals surface area contributed by atoms with Gasteiger partial charge in [-0.25, -0.2) is 8.42 Å². The summed E-state index contributed by atoms with van der Waals surface area (Å²) < 4.78 is 33.6. The number of sulfonamides is 1. The van der Waals surface area contributed by atoms with Gasteiger partial charge in [-0.2, -0.15) is 4.31 Å². The third-order valence-electron chi connectivity index (χ3n) is 6.05. The van der Waals surface area contributed by atoms with Gasteiger partial charge in [-0.1, -0.05) is 32.0 Å². The van der Waals surface area contributed by atoms with Crippen LogP contribution in [0.5, 0.6) is 0 Å². The summed E-state index contributed by atoms with van der Waals surface area (Å²) in [5, 5.41) is 10.3. The van der Waals surface area contributed by atoms with E-state index in [1.165, 1.54) is 5.56 Å². The van der Waals surface area contributed by atoms with Crippen molar-refractivity contribution in [2.24, 2.45) is 0 Å². The molecule has 1 saturated heterocycles. The average Bonchev–Trinajstić information content (AvgIpc) is 3.50. The molecule has 9 heteroatoms. The number of aromatic nitrogens is 2. The minimum Gasteiger partial charge on any atom is -0.418 e. The molecule has 4 rings (SSSR count). The van der Waals surface area contributed by atoms with Crippen molar-refractivity contribution in [3.8, 4) is 10.8 Å². The third kappa shape index (κ3) is 4.59. The topological polar surface area (TPSA) is 79.5 Å². The van der Waals surface area contributed by atoms with Crippen molar-refractivity contribution in [2.75, 3.05) is 26.2 Å². The van der Waals surface area contributed by atoms with Crippen LogP contribution in [0.3, 0.4) is 0 Å². The average molecular weight is 461 g/mol. The molecule has 0 saturated carbocycles. The number of rotatable bonds is 7. The van der Waals surface area contributed by atoms with E-state index in [1.807, 2.05) is 36.6 Å². The fourth-order valence-electron chi connectivity index (χ4n) is 3.74. The van der Waals surface area contributed by atoms with E-state index in [1.54, 1.807) is 27.8 Å². The van der Waals surface area contributed by atoms with E-state index < -0.39 is 10.0 Å². The summed E-state index contributed by atoms with van der Waals surface area (Å²) >= 11 is 1.56. The minimum absolute atomic E-state index is 0.0686. The molecule has 0 radical (unpaired) electrons. The lowest BCUT2D eigenvalue weighted by molar-refractivity contribution is 0.129. The Bertz CT molecular complexity index is 1090. The lowest BCUT2D eigenvalue weighted by Crippen LogP contribution is -2.49. The van der Waals surface area contributed by atoms with E-state index >= 15 is 0 Å². The van der Waals surface area contributed by atoms with Crippen LogP contribution in [0.2, 0.25) is 0 Å². The van der Waals surface area contributed by atoms with Crippen LogP contribution in [0.25, 0.3) is 10.8 Å². The zero-order chi connectivity index (χ0) is 22.0. The first-order chi connectivity index (χ1) is 14.9. The fourth-order valence-corrected chi connectivity index (χ4v) is 5.81. The SMILES string of the molecule is CC[C@@H](C)c1ccc(S(=O)(=O)N2CCN([C@@H](C)c3nnc(-c4cccs4)o3)CC2)cc1. The van der Waals surface area contributed by atoms with E-state index in [0.717, 1.165) is 11.3 Å². The number of thiophene rings is 1. The molecule has 0 amide bonds. The van der Waals surface area contributed by atoms with E-state index in [9.17, 15) is 8.42 Å². The predicted octanol–water partition coefficient (Wildman–Crippen LogP) is 4.38. The summed E-state index contributed by atoms with van der Waals surface area (Å²) in [5.41, 5.74) is 1.17. The molecule has 2 atom stereocenters. The van der Waals surface area contributed by atoms with Crippen LogP contribution >= 0.6 is 11.3 Å². The Labute approximate surface area is 187 Å². The highest BCUT2D eigenvalue weighted by atomic mass is 32.2. The number of piperazine rings is 1. The van der Waals surface area contributed by atoms with E-state index in [-0.39, 0.29) is 6.04 Å². The summed E-state index contributed by atoms with van der Waals surface area (Å²) in [5.74, 6) is 1.51. The highest BCUT2D eigenvalue weighted by Gasteiger charge is 2.32. The molecular formula is C22H28N4O3S2. The van der Waals surface area contributed by atoms with Crippen LogP contribution in [-0.4, -0.2) is 54.0 Å². The first kappa shape index (κ1) is 22.1. The molecule has 31 heavy (non-hydrogen) atoms. The number of hydrogen-bond acceptors (Lipinski definition) is 7. The molecule has 1 fully saturated rings. The molecule has 0 bridgehead atoms. The van der Waals surface area contributed by atoms with E-state index in [2.05, 4.69) is 28.9 Å². The molecule has 1 aliphatic rings. The molecule has 3 heterocycles. The highest BCUT2D eigenvalue weighted by molar-refractivity contribution is 7.89. The monoisotopic (exact) mass is 460 g/mol. The lowest BCUT2D eigenvalue weighted by Gasteiger charge is -2.36. The van der Waals surface area contributed by atoms with Crippen LogP contribution in [0, 0.1) is 0 Å². The number of benzene rings is 1. The summed E-state index contributed by atoms with van der Waals surface area (Å²) in [4.78, 5) is 3.49. The Morgan fingerprint density at radius 3 is 2.39 bits per heavy atom. The van der Waals surface area contributed by atoms with Gasteiger partial charge in [0.2, 0.25) is 15.9 Å². The van der Waals surface area contributed by atoms with Crippen LogP contribution in [0.1, 0.15) is 50.6 Å². The molecule has 1 aliphatic heterocycles. The highest BCUT2D eigenvalue weighted by Crippen LogP contribution is 2.28. The van der Waals surface area contributed by atoms with Crippen LogP contribution in [-0.2, 0) is 10.0 Å². The van der Waals surface area contributed by atoms with Gasteiger partial charge in [0.05, 0.1) is 15.8 Å². The van der Waals surface area contributed by atoms with Crippen molar-refractivity contribution in [1.82, 2.24) is 19.4 Å². The first-order valence-electron chi connectivity index (χ1n) is 10.6. The van der Waals surface area contributed by atoms with Crippen LogP contribution < -0.4 is 0 Å². The van der Waals surface area contributed by atoms with Gasteiger partial charge in [-0.05, 0) is 48.4 Å². The number of nitrogens with zero attached hydrogens (tertiary/aromatic N) is 4. The van der Waals surface area contributed by atoms with Crippen molar-refractivity contribution in [3.63, 3.8) is 0 Å². The van der Waals surface area contributed by atoms with Gasteiger partial charge in [0.25, 0.3) is 5.89 Å². The van der Waals surface area contributed by atoms with Gasteiger partial charge in [-0.15, -0.1) is 21.5 Å². The van der Waals surface area contributed by atoms with E-state index in [0.29, 0.717) is 48.8 Å². The molecule has 0 spiro atoms.